The molecule has 0 N–H and O–H groups in total. The maximum atomic E-state index is 5.05. The van der Waals surface area contributed by atoms with Gasteiger partial charge in [0.05, 0.1) is 6.61 Å². The molecule has 1 unspecified atom stereocenters. The largest absolute Gasteiger partial charge is 0.383 e. The molecule has 0 aromatic heterocycles. The van der Waals surface area contributed by atoms with Crippen LogP contribution >= 0.6 is 12.6 Å². The molecule has 0 amide bonds. The van der Waals surface area contributed by atoms with Gasteiger partial charge in [-0.05, 0) is 14.0 Å². The number of nitrogens with zero attached hydrogens (tertiary/aromatic N) is 1. The van der Waals surface area contributed by atoms with Crippen LogP contribution in [0.2, 0.25) is 0 Å². The van der Waals surface area contributed by atoms with Crippen molar-refractivity contribution in [3.63, 3.8) is 0 Å². The van der Waals surface area contributed by atoms with Crippen LogP contribution in [0.3, 0.4) is 0 Å². The van der Waals surface area contributed by atoms with Crippen LogP contribution < -0.4 is 0 Å². The average molecular weight is 189 g/mol. The van der Waals surface area contributed by atoms with E-state index in [0.717, 1.165) is 18.9 Å². The van der Waals surface area contributed by atoms with E-state index >= 15 is 0 Å². The molecule has 0 rings (SSSR count). The van der Waals surface area contributed by atoms with Crippen LogP contribution in [0.4, 0.5) is 0 Å². The molecule has 3 heteroatoms. The molecular weight excluding hydrogens is 170 g/mol. The fraction of sp³-hybridized carbons (Fsp3) is 0.778. The van der Waals surface area contributed by atoms with Gasteiger partial charge in [-0.3, -0.25) is 4.90 Å². The molecule has 0 fully saturated rings. The van der Waals surface area contributed by atoms with Gasteiger partial charge in [0, 0.05) is 25.4 Å². The van der Waals surface area contributed by atoms with E-state index in [1.54, 1.807) is 7.11 Å². The van der Waals surface area contributed by atoms with E-state index in [0.29, 0.717) is 6.04 Å². The zero-order chi connectivity index (χ0) is 9.40. The molecule has 0 bridgehead atoms. The lowest BCUT2D eigenvalue weighted by atomic mass is 10.3. The van der Waals surface area contributed by atoms with Crippen molar-refractivity contribution >= 4 is 12.6 Å². The number of ether oxygens (including phenoxy) is 1. The van der Waals surface area contributed by atoms with E-state index in [2.05, 4.69) is 43.7 Å². The zero-order valence-corrected chi connectivity index (χ0v) is 9.05. The summed E-state index contributed by atoms with van der Waals surface area (Å²) in [6.45, 7) is 3.90. The summed E-state index contributed by atoms with van der Waals surface area (Å²) in [6.07, 6.45) is 4.18. The minimum Gasteiger partial charge on any atom is -0.383 e. The van der Waals surface area contributed by atoms with Crippen LogP contribution in [0.1, 0.15) is 6.92 Å². The van der Waals surface area contributed by atoms with Crippen molar-refractivity contribution < 1.29 is 4.74 Å². The van der Waals surface area contributed by atoms with Gasteiger partial charge < -0.3 is 4.74 Å². The number of rotatable bonds is 6. The molecule has 0 spiro atoms. The van der Waals surface area contributed by atoms with Crippen LogP contribution in [0, 0.1) is 0 Å². The lowest BCUT2D eigenvalue weighted by molar-refractivity contribution is 0.122. The molecule has 0 saturated carbocycles. The predicted molar refractivity (Wildman–Crippen MR) is 57.0 cm³/mol. The predicted octanol–water partition coefficient (Wildman–Crippen LogP) is 1.44. The van der Waals surface area contributed by atoms with Gasteiger partial charge in [0.1, 0.15) is 0 Å². The number of methoxy groups -OCH3 is 1. The van der Waals surface area contributed by atoms with E-state index < -0.39 is 0 Å². The Balaban J connectivity index is 3.55. The van der Waals surface area contributed by atoms with Crippen LogP contribution in [0.25, 0.3) is 0 Å². The van der Waals surface area contributed by atoms with Gasteiger partial charge in [-0.2, -0.15) is 12.6 Å². The highest BCUT2D eigenvalue weighted by Crippen LogP contribution is 1.95. The van der Waals surface area contributed by atoms with Crippen molar-refractivity contribution in [1.82, 2.24) is 4.90 Å². The molecular formula is C9H19NOS. The van der Waals surface area contributed by atoms with Gasteiger partial charge in [0.15, 0.2) is 0 Å². The lowest BCUT2D eigenvalue weighted by Gasteiger charge is -2.22. The van der Waals surface area contributed by atoms with E-state index in [1.807, 2.05) is 0 Å². The third-order valence-corrected chi connectivity index (χ3v) is 2.04. The first-order chi connectivity index (χ1) is 5.72. The third kappa shape index (κ3) is 5.63. The Kier molecular flexibility index (Phi) is 7.65. The summed E-state index contributed by atoms with van der Waals surface area (Å²) in [5.41, 5.74) is 0. The molecule has 12 heavy (non-hydrogen) atoms. The van der Waals surface area contributed by atoms with Crippen molar-refractivity contribution in [2.75, 3.05) is 33.1 Å². The molecule has 0 aliphatic rings. The Hall–Kier alpha value is 0.01000. The number of likely N-dealkylation sites (N-methyl/N-ethyl adjacent to an activating group) is 1. The van der Waals surface area contributed by atoms with E-state index in [9.17, 15) is 0 Å². The topological polar surface area (TPSA) is 12.5 Å². The standard InChI is InChI=1S/C9H19NOS/c1-9(8-11-3)10(2)6-4-5-7-12/h4-5,9,12H,6-8H2,1-3H3. The summed E-state index contributed by atoms with van der Waals surface area (Å²) in [4.78, 5) is 2.24. The second-order valence-corrected chi connectivity index (χ2v) is 3.26. The van der Waals surface area contributed by atoms with Crippen LogP contribution in [-0.2, 0) is 4.74 Å². The SMILES string of the molecule is COCC(C)N(C)CC=CCS. The van der Waals surface area contributed by atoms with E-state index in [1.165, 1.54) is 0 Å². The van der Waals surface area contributed by atoms with Crippen molar-refractivity contribution in [3.8, 4) is 0 Å². The molecule has 0 saturated heterocycles. The van der Waals surface area contributed by atoms with Gasteiger partial charge in [-0.1, -0.05) is 12.2 Å². The number of hydrogen-bond donors (Lipinski definition) is 1. The first-order valence-corrected chi connectivity index (χ1v) is 4.80. The minimum absolute atomic E-state index is 0.472. The van der Waals surface area contributed by atoms with Crippen molar-refractivity contribution in [2.24, 2.45) is 0 Å². The fourth-order valence-corrected chi connectivity index (χ4v) is 1.01. The molecule has 0 heterocycles. The smallest absolute Gasteiger partial charge is 0.0615 e. The highest BCUT2D eigenvalue weighted by molar-refractivity contribution is 7.80. The Morgan fingerprint density at radius 2 is 2.17 bits per heavy atom. The number of thiol groups is 1. The Morgan fingerprint density at radius 1 is 1.50 bits per heavy atom. The summed E-state index contributed by atoms with van der Waals surface area (Å²) in [6, 6.07) is 0.472. The van der Waals surface area contributed by atoms with Gasteiger partial charge in [0.2, 0.25) is 0 Å². The molecule has 0 aliphatic carbocycles. The number of hydrogen-bond acceptors (Lipinski definition) is 3. The second-order valence-electron chi connectivity index (χ2n) is 2.90. The van der Waals surface area contributed by atoms with Crippen molar-refractivity contribution in [1.29, 1.82) is 0 Å². The molecule has 0 aromatic carbocycles. The molecule has 0 aliphatic heterocycles. The molecule has 1 atom stereocenters. The highest BCUT2D eigenvalue weighted by Gasteiger charge is 2.05. The average Bonchev–Trinajstić information content (AvgIpc) is 2.05. The van der Waals surface area contributed by atoms with E-state index in [-0.39, 0.29) is 0 Å². The van der Waals surface area contributed by atoms with Gasteiger partial charge in [-0.15, -0.1) is 0 Å². The Morgan fingerprint density at radius 3 is 2.67 bits per heavy atom. The van der Waals surface area contributed by atoms with E-state index in [4.69, 9.17) is 4.74 Å². The van der Waals surface area contributed by atoms with Crippen molar-refractivity contribution in [2.45, 2.75) is 13.0 Å². The van der Waals surface area contributed by atoms with Gasteiger partial charge in [-0.25, -0.2) is 0 Å². The fourth-order valence-electron chi connectivity index (χ4n) is 0.864. The molecule has 72 valence electrons. The lowest BCUT2D eigenvalue weighted by Crippen LogP contribution is -2.32. The zero-order valence-electron chi connectivity index (χ0n) is 8.16. The molecule has 2 nitrogen and oxygen atoms in total. The summed E-state index contributed by atoms with van der Waals surface area (Å²) < 4.78 is 5.05. The first kappa shape index (κ1) is 12.0. The highest BCUT2D eigenvalue weighted by atomic mass is 32.1. The molecule has 0 aromatic rings. The van der Waals surface area contributed by atoms with Gasteiger partial charge in [0.25, 0.3) is 0 Å². The van der Waals surface area contributed by atoms with Gasteiger partial charge >= 0.3 is 0 Å². The quantitative estimate of drug-likeness (QED) is 0.501. The Bertz CT molecular complexity index is 128. The van der Waals surface area contributed by atoms with Crippen LogP contribution in [0.15, 0.2) is 12.2 Å². The normalized spacial score (nSPS) is 14.4. The maximum absolute atomic E-state index is 5.05. The van der Waals surface area contributed by atoms with Crippen molar-refractivity contribution in [3.05, 3.63) is 12.2 Å². The second kappa shape index (κ2) is 7.65. The Labute approximate surface area is 81.0 Å². The third-order valence-electron chi connectivity index (χ3n) is 1.83. The minimum atomic E-state index is 0.472. The summed E-state index contributed by atoms with van der Waals surface area (Å²) >= 11 is 4.09. The summed E-state index contributed by atoms with van der Waals surface area (Å²) in [5.74, 6) is 0.812. The summed E-state index contributed by atoms with van der Waals surface area (Å²) in [7, 11) is 3.82. The van der Waals surface area contributed by atoms with Crippen LogP contribution in [0.5, 0.6) is 0 Å². The first-order valence-electron chi connectivity index (χ1n) is 4.17. The monoisotopic (exact) mass is 189 g/mol. The van der Waals surface area contributed by atoms with Crippen LogP contribution in [-0.4, -0.2) is 44.0 Å². The summed E-state index contributed by atoms with van der Waals surface area (Å²) in [5, 5.41) is 0. The molecule has 0 radical (unpaired) electrons. The maximum Gasteiger partial charge on any atom is 0.0615 e.